The molecule has 2 aliphatic rings. The normalized spacial score (nSPS) is 13.3. The van der Waals surface area contributed by atoms with Crippen molar-refractivity contribution in [2.45, 2.75) is 72.6 Å². The molecule has 0 spiro atoms. The minimum absolute atomic E-state index is 0.0789. The van der Waals surface area contributed by atoms with Crippen molar-refractivity contribution in [3.05, 3.63) is 160 Å². The van der Waals surface area contributed by atoms with Gasteiger partial charge in [-0.05, 0) is 40.2 Å². The Morgan fingerprint density at radius 1 is 0.553 bits per heavy atom. The maximum Gasteiger partial charge on any atom is 0.295 e. The Hall–Kier alpha value is -4.75. The number of unbranched alkanes of at least 4 members (excludes halogenated alkanes) is 3. The zero-order valence-corrected chi connectivity index (χ0v) is 59.7. The molecule has 2 aliphatic heterocycles. The Morgan fingerprint density at radius 3 is 1.35 bits per heavy atom. The molecule has 0 saturated carbocycles. The van der Waals surface area contributed by atoms with Crippen molar-refractivity contribution in [1.82, 2.24) is 59.5 Å². The van der Waals surface area contributed by atoms with Crippen molar-refractivity contribution < 1.29 is 42.0 Å². The van der Waals surface area contributed by atoms with Gasteiger partial charge in [-0.25, -0.2) is 15.0 Å². The van der Waals surface area contributed by atoms with Gasteiger partial charge < -0.3 is 29.6 Å². The van der Waals surface area contributed by atoms with Gasteiger partial charge in [0.15, 0.2) is 0 Å². The van der Waals surface area contributed by atoms with Gasteiger partial charge in [0.05, 0.1) is 37.9 Å². The van der Waals surface area contributed by atoms with Crippen molar-refractivity contribution in [3.8, 4) is 11.3 Å². The van der Waals surface area contributed by atoms with Crippen LogP contribution < -0.4 is 16.8 Å². The molecule has 0 radical (unpaired) electrons. The van der Waals surface area contributed by atoms with Gasteiger partial charge in [0, 0.05) is 117 Å². The number of amides is 4. The number of piperazine rings is 2. The van der Waals surface area contributed by atoms with Gasteiger partial charge in [-0.2, -0.15) is 0 Å². The number of carbonyl (C=O) groups excluding carboxylic acids is 6. The first-order valence-electron chi connectivity index (χ1n) is 27.9. The molecule has 8 heterocycles. The summed E-state index contributed by atoms with van der Waals surface area (Å²) >= 11 is 19.0. The van der Waals surface area contributed by atoms with Crippen LogP contribution in [0.15, 0.2) is 127 Å². The summed E-state index contributed by atoms with van der Waals surface area (Å²) < 4.78 is 6.58. The number of nitrogens with zero attached hydrogens (tertiary/aromatic N) is 10. The molecule has 0 atom stereocenters. The maximum absolute atomic E-state index is 13.2. The Labute approximate surface area is 546 Å². The van der Waals surface area contributed by atoms with Crippen LogP contribution in [0.25, 0.3) is 33.1 Å². The van der Waals surface area contributed by atoms with Gasteiger partial charge in [0.1, 0.15) is 10.9 Å². The number of carbonyl (C=O) groups is 6. The molecule has 2 saturated heterocycles. The van der Waals surface area contributed by atoms with E-state index in [1.165, 1.54) is 92.7 Å². The molecule has 0 aliphatic carbocycles. The number of nitrogens with one attached hydrogen (secondary N) is 2. The summed E-state index contributed by atoms with van der Waals surface area (Å²) in [7, 11) is 0. The molecule has 18 nitrogen and oxygen atoms in total. The van der Waals surface area contributed by atoms with Crippen LogP contribution in [-0.4, -0.2) is 165 Å². The van der Waals surface area contributed by atoms with E-state index in [9.17, 15) is 28.8 Å². The summed E-state index contributed by atoms with van der Waals surface area (Å²) in [6.07, 6.45) is 24.6. The second kappa shape index (κ2) is 34.1. The van der Waals surface area contributed by atoms with Gasteiger partial charge in [0.2, 0.25) is 0 Å². The van der Waals surface area contributed by atoms with Crippen LogP contribution in [0.5, 0.6) is 0 Å². The van der Waals surface area contributed by atoms with E-state index in [2.05, 4.69) is 126 Å². The van der Waals surface area contributed by atoms with Gasteiger partial charge in [-0.3, -0.25) is 33.8 Å². The van der Waals surface area contributed by atoms with Crippen LogP contribution in [0.3, 0.4) is 0 Å². The SMILES string of the molecule is CCC[CH2][Sn]([CH2]CCC)([CH2]CCC)[c]1cncnc1.I[I-]I.O=C(C(=O)N1CCN(C(=O)c2ccccc2)CC1)c1c[nH]c2c(-c3cncnc3)ncc(Cl)c12.O=C(C(=O)N1CCN(C(=O)c2ccccc2)CC1)c1c[nH]c2c(Br)ncc(Cl)c12. The van der Waals surface area contributed by atoms with Crippen LogP contribution in [0, 0.1) is 0 Å². The fourth-order valence-electron chi connectivity index (χ4n) is 10.4. The number of benzene rings is 2. The monoisotopic (exact) mass is 1700 g/mol. The molecule has 2 fully saturated rings. The van der Waals surface area contributed by atoms with Gasteiger partial charge in [-0.15, -0.1) is 0 Å². The average Bonchev–Trinajstić information content (AvgIpc) is 3.09. The van der Waals surface area contributed by atoms with Crippen molar-refractivity contribution in [2.24, 2.45) is 0 Å². The summed E-state index contributed by atoms with van der Waals surface area (Å²) in [5.41, 5.74) is 3.85. The average molecular weight is 1700 g/mol. The number of pyridine rings is 2. The van der Waals surface area contributed by atoms with E-state index in [0.29, 0.717) is 106 Å². The van der Waals surface area contributed by atoms with Gasteiger partial charge >= 0.3 is 174 Å². The third kappa shape index (κ3) is 17.5. The standard InChI is InChI=1S/C24H19ClN6O3.C20H16BrClN4O3.C4H3N2.3C4H9.I3.Sn/c25-18-13-29-20(16-10-26-14-27-11-16)21-19(18)17(12-28-21)22(32)24(34)31-8-6-30(7-9-31)23(33)15-4-2-1-3-5-15;21-18-16-15(14(22)11-24-18)13(10-23-16)17(27)20(29)26-8-6-25(7-9-26)19(28)12-4-2-1-3-5-12;1-2-5-4-6-3-1;3*1-3-4-2;1-3-2;/h1-5,10-14,28H,6-9H2;1-5,10-11,23H,6-9H2;2-4H;3*1,3-4H2,2H3;;/q;;;;;;-1;. The topological polar surface area (TPSA) is 224 Å². The number of rotatable bonds is 17. The fourth-order valence-corrected chi connectivity index (χ4v) is 26.7. The Kier molecular flexibility index (Phi) is 27.2. The quantitative estimate of drug-likeness (QED) is 0.0286. The number of fused-ring (bicyclic) bond motifs is 2. The summed E-state index contributed by atoms with van der Waals surface area (Å²) in [5.74, 6) is -2.72. The third-order valence-corrected chi connectivity index (χ3v) is 31.6. The predicted octanol–water partition coefficient (Wildman–Crippen LogP) is 9.29. The zero-order valence-electron chi connectivity index (χ0n) is 47.3. The summed E-state index contributed by atoms with van der Waals surface area (Å²) in [4.78, 5) is 114. The van der Waals surface area contributed by atoms with Crippen molar-refractivity contribution in [1.29, 1.82) is 0 Å². The summed E-state index contributed by atoms with van der Waals surface area (Å²) in [5, 5.41) is 1.43. The van der Waals surface area contributed by atoms with E-state index in [-0.39, 0.29) is 41.1 Å². The largest absolute Gasteiger partial charge is 0.359 e. The summed E-state index contributed by atoms with van der Waals surface area (Å²) in [6, 6.07) is 18.0. The molecule has 2 N–H and O–H groups in total. The molecule has 10 rings (SSSR count). The molecular weight excluding hydrogens is 1630 g/mol. The number of hydrogen-bond acceptors (Lipinski definition) is 12. The van der Waals surface area contributed by atoms with Crippen molar-refractivity contribution in [2.75, 3.05) is 52.4 Å². The van der Waals surface area contributed by atoms with E-state index in [0.717, 1.165) is 0 Å². The van der Waals surface area contributed by atoms with E-state index >= 15 is 0 Å². The second-order valence-electron chi connectivity index (χ2n) is 20.2. The second-order valence-corrected chi connectivity index (χ2v) is 51.3. The molecule has 4 amide bonds. The van der Waals surface area contributed by atoms with E-state index in [4.69, 9.17) is 23.2 Å². The minimum atomic E-state index is -2.22. The molecule has 448 valence electrons. The Balaban J connectivity index is 0.000000185. The molecule has 0 bridgehead atoms. The number of H-pyrrole nitrogens is 2. The first kappa shape index (κ1) is 67.8. The van der Waals surface area contributed by atoms with Crippen LogP contribution >= 0.6 is 76.4 Å². The van der Waals surface area contributed by atoms with E-state index in [1.54, 1.807) is 56.4 Å². The molecule has 2 aromatic carbocycles. The number of halogens is 6. The minimum Gasteiger partial charge on any atom is -0.359 e. The molecule has 85 heavy (non-hydrogen) atoms. The molecule has 25 heteroatoms. The Morgan fingerprint density at radius 2 is 0.929 bits per heavy atom. The Bertz CT molecular complexity index is 3510. The van der Waals surface area contributed by atoms with Gasteiger partial charge in [-0.1, -0.05) is 59.6 Å². The fraction of sp³-hybridized carbons (Fsp3) is 0.333. The maximum atomic E-state index is 13.2. The first-order chi connectivity index (χ1) is 41.2. The van der Waals surface area contributed by atoms with Crippen molar-refractivity contribution >= 4 is 155 Å². The number of aromatic amines is 2. The molecule has 8 aromatic rings. The third-order valence-electron chi connectivity index (χ3n) is 14.9. The van der Waals surface area contributed by atoms with Crippen LogP contribution in [0.2, 0.25) is 23.4 Å². The smallest absolute Gasteiger partial charge is 0.295 e. The zero-order chi connectivity index (χ0) is 60.9. The van der Waals surface area contributed by atoms with Gasteiger partial charge in [0.25, 0.3) is 35.2 Å². The van der Waals surface area contributed by atoms with Crippen LogP contribution in [0.1, 0.15) is 101 Å². The predicted molar refractivity (Wildman–Crippen MR) is 352 cm³/mol. The van der Waals surface area contributed by atoms with Crippen LogP contribution in [-0.2, 0) is 9.59 Å². The number of ketones is 2. The molecule has 6 aromatic heterocycles. The number of Topliss-reactive ketones (excluding diaryl/α,β-unsaturated/α-hetero) is 2. The number of hydrogen-bond donors (Lipinski definition) is 2. The first-order valence-corrected chi connectivity index (χ1v) is 49.5. The van der Waals surface area contributed by atoms with E-state index < -0.39 is 41.8 Å². The van der Waals surface area contributed by atoms with Crippen molar-refractivity contribution in [3.63, 3.8) is 0 Å². The summed E-state index contributed by atoms with van der Waals surface area (Å²) in [6.45, 7) is 9.53. The molecule has 0 unspecified atom stereocenters. The molecular formula is C60H65BrCl2I3N12O6Sn-. The number of aromatic nitrogens is 8. The van der Waals surface area contributed by atoms with Crippen LogP contribution in [0.4, 0.5) is 0 Å². The van der Waals surface area contributed by atoms with E-state index in [1.807, 2.05) is 36.4 Å².